The fraction of sp³-hybridized carbons (Fsp3) is 0.182. The molecular weight excluding hydrogens is 226 g/mol. The summed E-state index contributed by atoms with van der Waals surface area (Å²) in [5.74, 6) is -0.746. The molecule has 0 N–H and O–H groups in total. The van der Waals surface area contributed by atoms with Gasteiger partial charge in [-0.1, -0.05) is 0 Å². The molecule has 0 aliphatic carbocycles. The van der Waals surface area contributed by atoms with Crippen molar-refractivity contribution >= 4 is 17.7 Å². The van der Waals surface area contributed by atoms with Crippen LogP contribution in [0.1, 0.15) is 15.9 Å². The zero-order valence-corrected chi connectivity index (χ0v) is 9.38. The highest BCUT2D eigenvalue weighted by molar-refractivity contribution is 5.94. The molecule has 0 heterocycles. The van der Waals surface area contributed by atoms with E-state index < -0.39 is 10.9 Å². The van der Waals surface area contributed by atoms with Gasteiger partial charge in [0.1, 0.15) is 5.56 Å². The van der Waals surface area contributed by atoms with E-state index in [0.717, 1.165) is 0 Å². The van der Waals surface area contributed by atoms with Gasteiger partial charge in [0.15, 0.2) is 0 Å². The number of hydrogen-bond acceptors (Lipinski definition) is 5. The van der Waals surface area contributed by atoms with Gasteiger partial charge in [0.25, 0.3) is 5.69 Å². The van der Waals surface area contributed by atoms with Crippen molar-refractivity contribution in [3.8, 4) is 0 Å². The van der Waals surface area contributed by atoms with Crippen LogP contribution in [0.5, 0.6) is 0 Å². The predicted octanol–water partition coefficient (Wildman–Crippen LogP) is 2.00. The Labute approximate surface area is 97.6 Å². The molecule has 0 spiro atoms. The summed E-state index contributed by atoms with van der Waals surface area (Å²) in [6.45, 7) is 0. The molecule has 6 heteroatoms. The van der Waals surface area contributed by atoms with Crippen molar-refractivity contribution in [2.24, 2.45) is 0 Å². The highest BCUT2D eigenvalue weighted by Crippen LogP contribution is 2.21. The second-order valence-corrected chi connectivity index (χ2v) is 3.06. The first-order chi connectivity index (χ1) is 8.10. The summed E-state index contributed by atoms with van der Waals surface area (Å²) in [5.41, 5.74) is 0.236. The maximum atomic E-state index is 11.4. The van der Waals surface area contributed by atoms with Crippen molar-refractivity contribution in [3.05, 3.63) is 45.7 Å². The first-order valence-electron chi connectivity index (χ1n) is 4.66. The summed E-state index contributed by atoms with van der Waals surface area (Å²) in [5, 5.41) is 10.7. The normalized spacial score (nSPS) is 10.2. The van der Waals surface area contributed by atoms with E-state index in [4.69, 9.17) is 4.74 Å². The van der Waals surface area contributed by atoms with Crippen LogP contribution in [0.15, 0.2) is 24.5 Å². The predicted molar refractivity (Wildman–Crippen MR) is 60.5 cm³/mol. The molecule has 0 aliphatic rings. The lowest BCUT2D eigenvalue weighted by atomic mass is 10.1. The molecule has 1 aromatic rings. The van der Waals surface area contributed by atoms with Crippen LogP contribution in [0, 0.1) is 10.1 Å². The minimum absolute atomic E-state index is 0.0873. The topological polar surface area (TPSA) is 78.7 Å². The number of esters is 1. The van der Waals surface area contributed by atoms with Gasteiger partial charge in [-0.05, 0) is 23.8 Å². The Balaban J connectivity index is 3.24. The SMILES string of the molecule is COC=Cc1ccc([N+](=O)[O-])c(C(=O)OC)c1. The Morgan fingerprint density at radius 3 is 2.65 bits per heavy atom. The summed E-state index contributed by atoms with van der Waals surface area (Å²) in [6.07, 6.45) is 2.98. The van der Waals surface area contributed by atoms with E-state index in [0.29, 0.717) is 5.56 Å². The van der Waals surface area contributed by atoms with E-state index in [1.165, 1.54) is 38.7 Å². The van der Waals surface area contributed by atoms with Crippen LogP contribution in [0.3, 0.4) is 0 Å². The Morgan fingerprint density at radius 2 is 2.12 bits per heavy atom. The molecule has 17 heavy (non-hydrogen) atoms. The Bertz CT molecular complexity index is 467. The quantitative estimate of drug-likeness (QED) is 0.346. The first kappa shape index (κ1) is 12.7. The molecule has 0 bridgehead atoms. The number of nitro groups is 1. The minimum Gasteiger partial charge on any atom is -0.504 e. The summed E-state index contributed by atoms with van der Waals surface area (Å²) in [4.78, 5) is 21.5. The molecular formula is C11H11NO5. The molecule has 0 aliphatic heterocycles. The van der Waals surface area contributed by atoms with Gasteiger partial charge >= 0.3 is 5.97 Å². The van der Waals surface area contributed by atoms with Crippen molar-refractivity contribution in [2.45, 2.75) is 0 Å². The monoisotopic (exact) mass is 237 g/mol. The van der Waals surface area contributed by atoms with E-state index in [-0.39, 0.29) is 11.3 Å². The maximum absolute atomic E-state index is 11.4. The van der Waals surface area contributed by atoms with Gasteiger partial charge in [0.05, 0.1) is 25.4 Å². The molecule has 0 saturated carbocycles. The van der Waals surface area contributed by atoms with Crippen molar-refractivity contribution in [1.82, 2.24) is 0 Å². The Hall–Kier alpha value is -2.37. The van der Waals surface area contributed by atoms with Crippen LogP contribution in [-0.2, 0) is 9.47 Å². The van der Waals surface area contributed by atoms with E-state index in [1.54, 1.807) is 6.08 Å². The minimum atomic E-state index is -0.746. The third kappa shape index (κ3) is 3.04. The first-order valence-corrected chi connectivity index (χ1v) is 4.66. The number of ether oxygens (including phenoxy) is 2. The van der Waals surface area contributed by atoms with Gasteiger partial charge in [-0.25, -0.2) is 4.79 Å². The lowest BCUT2D eigenvalue weighted by Gasteiger charge is -2.02. The van der Waals surface area contributed by atoms with Crippen LogP contribution in [-0.4, -0.2) is 25.1 Å². The molecule has 0 atom stereocenters. The largest absolute Gasteiger partial charge is 0.504 e. The summed E-state index contributed by atoms with van der Waals surface area (Å²) in [7, 11) is 2.65. The van der Waals surface area contributed by atoms with Crippen LogP contribution >= 0.6 is 0 Å². The van der Waals surface area contributed by atoms with E-state index in [1.807, 2.05) is 0 Å². The molecule has 0 aromatic heterocycles. The molecule has 6 nitrogen and oxygen atoms in total. The molecule has 1 aromatic carbocycles. The zero-order valence-electron chi connectivity index (χ0n) is 9.38. The average molecular weight is 237 g/mol. The molecule has 0 unspecified atom stereocenters. The third-order valence-electron chi connectivity index (χ3n) is 2.02. The van der Waals surface area contributed by atoms with Gasteiger partial charge in [0.2, 0.25) is 0 Å². The van der Waals surface area contributed by atoms with Crippen LogP contribution < -0.4 is 0 Å². The average Bonchev–Trinajstić information content (AvgIpc) is 2.34. The Kier molecular flexibility index (Phi) is 4.21. The third-order valence-corrected chi connectivity index (χ3v) is 2.02. The van der Waals surface area contributed by atoms with Crippen molar-refractivity contribution in [2.75, 3.05) is 14.2 Å². The molecule has 1 rings (SSSR count). The van der Waals surface area contributed by atoms with Crippen LogP contribution in [0.4, 0.5) is 5.69 Å². The zero-order chi connectivity index (χ0) is 12.8. The highest BCUT2D eigenvalue weighted by Gasteiger charge is 2.20. The number of hydrogen-bond donors (Lipinski definition) is 0. The lowest BCUT2D eigenvalue weighted by molar-refractivity contribution is -0.385. The lowest BCUT2D eigenvalue weighted by Crippen LogP contribution is -2.05. The number of rotatable bonds is 4. The van der Waals surface area contributed by atoms with E-state index >= 15 is 0 Å². The summed E-state index contributed by atoms with van der Waals surface area (Å²) in [6, 6.07) is 4.14. The number of nitro benzene ring substituents is 1. The van der Waals surface area contributed by atoms with Crippen molar-refractivity contribution in [3.63, 3.8) is 0 Å². The number of methoxy groups -OCH3 is 2. The smallest absolute Gasteiger partial charge is 0.344 e. The fourth-order valence-electron chi connectivity index (χ4n) is 1.24. The number of carbonyl (C=O) groups is 1. The second-order valence-electron chi connectivity index (χ2n) is 3.06. The van der Waals surface area contributed by atoms with Crippen molar-refractivity contribution in [1.29, 1.82) is 0 Å². The van der Waals surface area contributed by atoms with Crippen LogP contribution in [0.2, 0.25) is 0 Å². The number of carbonyl (C=O) groups excluding carboxylic acids is 1. The number of nitrogens with zero attached hydrogens (tertiary/aromatic N) is 1. The van der Waals surface area contributed by atoms with Crippen molar-refractivity contribution < 1.29 is 19.2 Å². The van der Waals surface area contributed by atoms with Crippen LogP contribution in [0.25, 0.3) is 6.08 Å². The number of benzene rings is 1. The Morgan fingerprint density at radius 1 is 1.41 bits per heavy atom. The molecule has 0 saturated heterocycles. The van der Waals surface area contributed by atoms with Gasteiger partial charge in [-0.3, -0.25) is 10.1 Å². The van der Waals surface area contributed by atoms with Gasteiger partial charge < -0.3 is 9.47 Å². The molecule has 0 amide bonds. The standard InChI is InChI=1S/C11H11NO5/c1-16-6-5-8-3-4-10(12(14)15)9(7-8)11(13)17-2/h3-7H,1-2H3. The summed E-state index contributed by atoms with van der Waals surface area (Å²) >= 11 is 0. The van der Waals surface area contributed by atoms with E-state index in [2.05, 4.69) is 4.74 Å². The van der Waals surface area contributed by atoms with Gasteiger partial charge in [0, 0.05) is 6.07 Å². The molecule has 0 fully saturated rings. The van der Waals surface area contributed by atoms with Gasteiger partial charge in [-0.2, -0.15) is 0 Å². The van der Waals surface area contributed by atoms with Gasteiger partial charge in [-0.15, -0.1) is 0 Å². The second kappa shape index (κ2) is 5.64. The maximum Gasteiger partial charge on any atom is 0.344 e. The highest BCUT2D eigenvalue weighted by atomic mass is 16.6. The molecule has 90 valence electrons. The van der Waals surface area contributed by atoms with E-state index in [9.17, 15) is 14.9 Å². The fourth-order valence-corrected chi connectivity index (χ4v) is 1.24. The molecule has 0 radical (unpaired) electrons. The summed E-state index contributed by atoms with van der Waals surface area (Å²) < 4.78 is 9.21.